The number of benzene rings is 2. The van der Waals surface area contributed by atoms with Crippen molar-refractivity contribution >= 4 is 23.2 Å². The van der Waals surface area contributed by atoms with Gasteiger partial charge >= 0.3 is 0 Å². The molecule has 4 N–H and O–H groups in total. The first-order valence-electron chi connectivity index (χ1n) is 10.5. The van der Waals surface area contributed by atoms with Gasteiger partial charge in [0, 0.05) is 43.2 Å². The summed E-state index contributed by atoms with van der Waals surface area (Å²) in [7, 11) is 3.86. The number of allylic oxidation sites excluding steroid dienone is 5. The van der Waals surface area contributed by atoms with E-state index in [9.17, 15) is 8.78 Å². The predicted molar refractivity (Wildman–Crippen MR) is 141 cm³/mol. The van der Waals surface area contributed by atoms with Crippen LogP contribution in [0.1, 0.15) is 17.5 Å². The SMILES string of the molecule is C=C.C=C(Nc1cc(C(=N)/C=C/c2ccc(F)cc2)c(N)cc1F)C1=CC=C(C(=C)N(C)C)C1. The molecular formula is C28H30F2N4. The molecule has 0 fully saturated rings. The zero-order valence-electron chi connectivity index (χ0n) is 19.6. The summed E-state index contributed by atoms with van der Waals surface area (Å²) in [6, 6.07) is 8.57. The van der Waals surface area contributed by atoms with Crippen molar-refractivity contribution in [3.05, 3.63) is 126 Å². The maximum atomic E-state index is 14.6. The van der Waals surface area contributed by atoms with Gasteiger partial charge in [0.15, 0.2) is 0 Å². The number of likely N-dealkylation sites (N-methyl/N-ethyl adjacent to an activating group) is 1. The Morgan fingerprint density at radius 2 is 1.68 bits per heavy atom. The second-order valence-corrected chi connectivity index (χ2v) is 7.72. The van der Waals surface area contributed by atoms with E-state index in [0.717, 1.165) is 22.4 Å². The number of anilines is 2. The minimum atomic E-state index is -0.535. The average Bonchev–Trinajstić information content (AvgIpc) is 3.31. The number of hydrogen-bond acceptors (Lipinski definition) is 4. The van der Waals surface area contributed by atoms with Gasteiger partial charge in [-0.3, -0.25) is 0 Å². The fourth-order valence-corrected chi connectivity index (χ4v) is 3.22. The lowest BCUT2D eigenvalue weighted by atomic mass is 10.0. The normalized spacial score (nSPS) is 12.4. The van der Waals surface area contributed by atoms with Crippen LogP contribution in [0.3, 0.4) is 0 Å². The first-order valence-corrected chi connectivity index (χ1v) is 10.5. The van der Waals surface area contributed by atoms with Crippen LogP contribution in [0.5, 0.6) is 0 Å². The first kappa shape index (κ1) is 26.1. The van der Waals surface area contributed by atoms with E-state index in [-0.39, 0.29) is 22.9 Å². The largest absolute Gasteiger partial charge is 0.398 e. The number of nitrogen functional groups attached to an aromatic ring is 1. The van der Waals surface area contributed by atoms with Crippen LogP contribution in [0.2, 0.25) is 0 Å². The van der Waals surface area contributed by atoms with E-state index >= 15 is 0 Å². The van der Waals surface area contributed by atoms with Crippen molar-refractivity contribution in [1.29, 1.82) is 5.41 Å². The lowest BCUT2D eigenvalue weighted by Gasteiger charge is -2.18. The molecule has 0 spiro atoms. The minimum absolute atomic E-state index is 0.104. The third-order valence-electron chi connectivity index (χ3n) is 5.19. The second kappa shape index (κ2) is 11.6. The molecule has 0 aliphatic heterocycles. The fraction of sp³-hybridized carbons (Fsp3) is 0.107. The van der Waals surface area contributed by atoms with Crippen LogP contribution in [0.4, 0.5) is 20.2 Å². The zero-order valence-corrected chi connectivity index (χ0v) is 19.6. The maximum absolute atomic E-state index is 14.6. The number of nitrogens with zero attached hydrogens (tertiary/aromatic N) is 1. The molecule has 0 bridgehead atoms. The second-order valence-electron chi connectivity index (χ2n) is 7.72. The molecular weight excluding hydrogens is 430 g/mol. The van der Waals surface area contributed by atoms with Crippen LogP contribution < -0.4 is 11.1 Å². The molecule has 2 aromatic carbocycles. The van der Waals surface area contributed by atoms with Gasteiger partial charge < -0.3 is 21.4 Å². The van der Waals surface area contributed by atoms with Crippen LogP contribution in [0, 0.1) is 17.0 Å². The van der Waals surface area contributed by atoms with Gasteiger partial charge in [-0.2, -0.15) is 0 Å². The van der Waals surface area contributed by atoms with Gasteiger partial charge in [-0.1, -0.05) is 43.5 Å². The summed E-state index contributed by atoms with van der Waals surface area (Å²) in [5, 5.41) is 11.4. The molecule has 0 aromatic heterocycles. The van der Waals surface area contributed by atoms with Crippen molar-refractivity contribution < 1.29 is 8.78 Å². The van der Waals surface area contributed by atoms with Crippen molar-refractivity contribution in [3.63, 3.8) is 0 Å². The smallest absolute Gasteiger partial charge is 0.148 e. The zero-order chi connectivity index (χ0) is 25.4. The van der Waals surface area contributed by atoms with Crippen LogP contribution in [0.25, 0.3) is 6.08 Å². The van der Waals surface area contributed by atoms with Crippen molar-refractivity contribution in [2.24, 2.45) is 0 Å². The van der Waals surface area contributed by atoms with Gasteiger partial charge in [0.1, 0.15) is 11.6 Å². The van der Waals surface area contributed by atoms with Gasteiger partial charge in [0.2, 0.25) is 0 Å². The molecule has 34 heavy (non-hydrogen) atoms. The lowest BCUT2D eigenvalue weighted by Crippen LogP contribution is -2.12. The molecule has 0 atom stereocenters. The molecule has 0 heterocycles. The maximum Gasteiger partial charge on any atom is 0.148 e. The summed E-state index contributed by atoms with van der Waals surface area (Å²) in [5.74, 6) is -0.867. The molecule has 1 aliphatic rings. The molecule has 4 nitrogen and oxygen atoms in total. The molecule has 1 aliphatic carbocycles. The van der Waals surface area contributed by atoms with Crippen LogP contribution in [0.15, 0.2) is 103 Å². The number of nitrogens with one attached hydrogen (secondary N) is 2. The molecule has 0 saturated carbocycles. The summed E-state index contributed by atoms with van der Waals surface area (Å²) in [6.45, 7) is 14.1. The van der Waals surface area contributed by atoms with Crippen molar-refractivity contribution in [1.82, 2.24) is 4.90 Å². The fourth-order valence-electron chi connectivity index (χ4n) is 3.22. The summed E-state index contributed by atoms with van der Waals surface area (Å²) in [4.78, 5) is 1.94. The summed E-state index contributed by atoms with van der Waals surface area (Å²) in [6.07, 6.45) is 7.76. The van der Waals surface area contributed by atoms with Crippen LogP contribution in [-0.4, -0.2) is 24.7 Å². The topological polar surface area (TPSA) is 65.1 Å². The molecule has 6 heteroatoms. The monoisotopic (exact) mass is 460 g/mol. The Kier molecular flexibility index (Phi) is 8.90. The van der Waals surface area contributed by atoms with Crippen LogP contribution in [-0.2, 0) is 0 Å². The Hall–Kier alpha value is -4.19. The molecule has 3 rings (SSSR count). The average molecular weight is 461 g/mol. The van der Waals surface area contributed by atoms with E-state index in [4.69, 9.17) is 11.1 Å². The highest BCUT2D eigenvalue weighted by Gasteiger charge is 2.17. The summed E-state index contributed by atoms with van der Waals surface area (Å²) < 4.78 is 27.6. The van der Waals surface area contributed by atoms with Gasteiger partial charge in [0.25, 0.3) is 0 Å². The number of halogens is 2. The number of rotatable bonds is 8. The Labute approximate surface area is 200 Å². The van der Waals surface area contributed by atoms with E-state index in [2.05, 4.69) is 31.6 Å². The summed E-state index contributed by atoms with van der Waals surface area (Å²) in [5.41, 5.74) is 11.0. The number of nitrogens with two attached hydrogens (primary N) is 1. The van der Waals surface area contributed by atoms with Gasteiger partial charge in [-0.15, -0.1) is 13.2 Å². The number of hydrogen-bond donors (Lipinski definition) is 3. The van der Waals surface area contributed by atoms with Gasteiger partial charge in [-0.25, -0.2) is 8.78 Å². The molecule has 0 radical (unpaired) electrons. The summed E-state index contributed by atoms with van der Waals surface area (Å²) >= 11 is 0. The molecule has 2 aromatic rings. The van der Waals surface area contributed by atoms with E-state index in [1.165, 1.54) is 30.3 Å². The van der Waals surface area contributed by atoms with Crippen LogP contribution >= 0.6 is 0 Å². The standard InChI is InChI=1S/C26H26F2N4.C2H4/c1-16(19-8-9-20(13-19)17(2)32(3)4)31-26-14-22(25(30)15-23(26)28)24(29)12-7-18-5-10-21(27)11-6-18;1-2/h5-12,14-15,29,31H,1-2,13,30H2,3-4H3;1-2H2/b12-7+,29-24?;. The third-order valence-corrected chi connectivity index (χ3v) is 5.19. The molecule has 0 unspecified atom stereocenters. The highest BCUT2D eigenvalue weighted by atomic mass is 19.1. The predicted octanol–water partition coefficient (Wildman–Crippen LogP) is 6.69. The molecule has 176 valence electrons. The van der Waals surface area contributed by atoms with E-state index in [1.54, 1.807) is 18.2 Å². The van der Waals surface area contributed by atoms with E-state index in [1.807, 2.05) is 31.1 Å². The van der Waals surface area contributed by atoms with Gasteiger partial charge in [0.05, 0.1) is 11.4 Å². The highest BCUT2D eigenvalue weighted by Crippen LogP contribution is 2.31. The Bertz CT molecular complexity index is 1190. The van der Waals surface area contributed by atoms with Crippen molar-refractivity contribution in [2.45, 2.75) is 6.42 Å². The molecule has 0 saturated heterocycles. The highest BCUT2D eigenvalue weighted by molar-refractivity contribution is 6.12. The van der Waals surface area contributed by atoms with Gasteiger partial charge in [-0.05, 0) is 47.1 Å². The Morgan fingerprint density at radius 3 is 2.29 bits per heavy atom. The molecule has 0 amide bonds. The van der Waals surface area contributed by atoms with Crippen molar-refractivity contribution in [2.75, 3.05) is 25.1 Å². The lowest BCUT2D eigenvalue weighted by molar-refractivity contribution is 0.522. The van der Waals surface area contributed by atoms with E-state index < -0.39 is 5.82 Å². The van der Waals surface area contributed by atoms with Crippen molar-refractivity contribution in [3.8, 4) is 0 Å². The quantitative estimate of drug-likeness (QED) is 0.234. The first-order chi connectivity index (χ1) is 16.2. The Balaban J connectivity index is 0.00000199. The van der Waals surface area contributed by atoms with E-state index in [0.29, 0.717) is 17.7 Å². The third kappa shape index (κ3) is 6.42. The minimum Gasteiger partial charge on any atom is -0.398 e. The Morgan fingerprint density at radius 1 is 1.06 bits per heavy atom.